The van der Waals surface area contributed by atoms with Crippen LogP contribution in [0.3, 0.4) is 0 Å². The Kier molecular flexibility index (Phi) is 2.58. The lowest BCUT2D eigenvalue weighted by Crippen LogP contribution is -2.23. The maximum Gasteiger partial charge on any atom is 0.0896 e. The van der Waals surface area contributed by atoms with Gasteiger partial charge in [0.2, 0.25) is 0 Å². The summed E-state index contributed by atoms with van der Waals surface area (Å²) in [6.07, 6.45) is 4.39. The van der Waals surface area contributed by atoms with Crippen molar-refractivity contribution < 1.29 is 5.11 Å². The summed E-state index contributed by atoms with van der Waals surface area (Å²) in [7, 11) is 0. The number of hydrogen-bond acceptors (Lipinski definition) is 2. The summed E-state index contributed by atoms with van der Waals surface area (Å²) in [5.41, 5.74) is 0.443. The van der Waals surface area contributed by atoms with E-state index < -0.39 is 5.60 Å². The van der Waals surface area contributed by atoms with E-state index in [0.29, 0.717) is 5.92 Å². The Morgan fingerprint density at radius 2 is 2.14 bits per heavy atom. The van der Waals surface area contributed by atoms with Gasteiger partial charge >= 0.3 is 0 Å². The van der Waals surface area contributed by atoms with Crippen LogP contribution < -0.4 is 0 Å². The molecule has 1 fully saturated rings. The third-order valence-corrected chi connectivity index (χ3v) is 3.75. The highest BCUT2D eigenvalue weighted by molar-refractivity contribution is 7.98. The standard InChI is InChI=1S/C12H16OS/c1-12(13,9-6-7-9)10-4-3-5-11(8-10)14-2/h3-5,8-9,13H,6-7H2,1-2H3. The van der Waals surface area contributed by atoms with Crippen molar-refractivity contribution in [3.8, 4) is 0 Å². The molecule has 1 nitrogen and oxygen atoms in total. The van der Waals surface area contributed by atoms with E-state index in [1.54, 1.807) is 11.8 Å². The molecule has 1 unspecified atom stereocenters. The summed E-state index contributed by atoms with van der Waals surface area (Å²) >= 11 is 1.72. The van der Waals surface area contributed by atoms with Crippen LogP contribution in [0.5, 0.6) is 0 Å². The highest BCUT2D eigenvalue weighted by Gasteiger charge is 2.41. The molecule has 1 aliphatic carbocycles. The van der Waals surface area contributed by atoms with Crippen molar-refractivity contribution in [3.63, 3.8) is 0 Å². The lowest BCUT2D eigenvalue weighted by molar-refractivity contribution is 0.0329. The Balaban J connectivity index is 2.30. The van der Waals surface area contributed by atoms with Crippen LogP contribution in [-0.4, -0.2) is 11.4 Å². The lowest BCUT2D eigenvalue weighted by atomic mass is 9.91. The first-order chi connectivity index (χ1) is 6.64. The minimum Gasteiger partial charge on any atom is -0.385 e. The monoisotopic (exact) mass is 208 g/mol. The van der Waals surface area contributed by atoms with Crippen molar-refractivity contribution in [2.75, 3.05) is 6.26 Å². The summed E-state index contributed by atoms with van der Waals surface area (Å²) in [5.74, 6) is 0.472. The SMILES string of the molecule is CSc1cccc(C(C)(O)C2CC2)c1. The van der Waals surface area contributed by atoms with Gasteiger partial charge in [0.15, 0.2) is 0 Å². The molecule has 2 heteroatoms. The topological polar surface area (TPSA) is 20.2 Å². The van der Waals surface area contributed by atoms with E-state index in [9.17, 15) is 5.11 Å². The molecule has 0 aliphatic heterocycles. The van der Waals surface area contributed by atoms with Crippen LogP contribution in [0.4, 0.5) is 0 Å². The van der Waals surface area contributed by atoms with Gasteiger partial charge in [-0.25, -0.2) is 0 Å². The van der Waals surface area contributed by atoms with Gasteiger partial charge in [0, 0.05) is 4.90 Å². The normalized spacial score (nSPS) is 20.5. The maximum absolute atomic E-state index is 10.3. The quantitative estimate of drug-likeness (QED) is 0.770. The summed E-state index contributed by atoms with van der Waals surface area (Å²) in [5, 5.41) is 10.3. The smallest absolute Gasteiger partial charge is 0.0896 e. The zero-order chi connectivity index (χ0) is 10.2. The van der Waals surface area contributed by atoms with Crippen molar-refractivity contribution >= 4 is 11.8 Å². The van der Waals surface area contributed by atoms with Gasteiger partial charge in [0.05, 0.1) is 5.60 Å². The molecule has 1 aromatic rings. The zero-order valence-corrected chi connectivity index (χ0v) is 9.47. The van der Waals surface area contributed by atoms with Gasteiger partial charge in [0.1, 0.15) is 0 Å². The molecule has 0 heterocycles. The van der Waals surface area contributed by atoms with Gasteiger partial charge in [-0.2, -0.15) is 0 Å². The third-order valence-electron chi connectivity index (χ3n) is 3.03. The molecular formula is C12H16OS. The van der Waals surface area contributed by atoms with Crippen LogP contribution in [0.2, 0.25) is 0 Å². The first-order valence-electron chi connectivity index (χ1n) is 5.01. The van der Waals surface area contributed by atoms with E-state index in [4.69, 9.17) is 0 Å². The Labute approximate surface area is 89.5 Å². The Bertz CT molecular complexity index is 329. The summed E-state index contributed by atoms with van der Waals surface area (Å²) < 4.78 is 0. The van der Waals surface area contributed by atoms with Gasteiger partial charge in [-0.3, -0.25) is 0 Å². The average molecular weight is 208 g/mol. The molecule has 1 aliphatic rings. The van der Waals surface area contributed by atoms with Crippen LogP contribution in [-0.2, 0) is 5.60 Å². The first-order valence-corrected chi connectivity index (χ1v) is 6.24. The molecule has 14 heavy (non-hydrogen) atoms. The Morgan fingerprint density at radius 1 is 1.43 bits per heavy atom. The Morgan fingerprint density at radius 3 is 2.71 bits per heavy atom. The minimum atomic E-state index is -0.619. The van der Waals surface area contributed by atoms with E-state index in [1.807, 2.05) is 19.1 Å². The third kappa shape index (κ3) is 1.82. The molecule has 1 N–H and O–H groups in total. The van der Waals surface area contributed by atoms with Crippen LogP contribution in [0.25, 0.3) is 0 Å². The molecule has 1 saturated carbocycles. The second kappa shape index (κ2) is 3.59. The number of thioether (sulfide) groups is 1. The summed E-state index contributed by atoms with van der Waals surface area (Å²) in [6.45, 7) is 1.93. The molecule has 1 aromatic carbocycles. The fraction of sp³-hybridized carbons (Fsp3) is 0.500. The number of aliphatic hydroxyl groups is 1. The fourth-order valence-electron chi connectivity index (χ4n) is 1.82. The molecule has 0 bridgehead atoms. The van der Waals surface area contributed by atoms with Crippen molar-refractivity contribution in [1.29, 1.82) is 0 Å². The van der Waals surface area contributed by atoms with E-state index >= 15 is 0 Å². The average Bonchev–Trinajstić information content (AvgIpc) is 3.01. The van der Waals surface area contributed by atoms with E-state index in [-0.39, 0.29) is 0 Å². The molecule has 0 aromatic heterocycles. The van der Waals surface area contributed by atoms with E-state index in [2.05, 4.69) is 18.4 Å². The molecule has 76 valence electrons. The van der Waals surface area contributed by atoms with E-state index in [1.165, 1.54) is 4.90 Å². The Hall–Kier alpha value is -0.470. The lowest BCUT2D eigenvalue weighted by Gasteiger charge is -2.23. The van der Waals surface area contributed by atoms with Gasteiger partial charge in [-0.15, -0.1) is 11.8 Å². The van der Waals surface area contributed by atoms with Gasteiger partial charge in [-0.1, -0.05) is 12.1 Å². The number of benzene rings is 1. The predicted octanol–water partition coefficient (Wildman–Crippen LogP) is 3.03. The molecule has 1 atom stereocenters. The molecule has 0 saturated heterocycles. The predicted molar refractivity (Wildman–Crippen MR) is 60.5 cm³/mol. The van der Waals surface area contributed by atoms with Crippen molar-refractivity contribution in [3.05, 3.63) is 29.8 Å². The minimum absolute atomic E-state index is 0.472. The van der Waals surface area contributed by atoms with Gasteiger partial charge in [-0.05, 0) is 49.6 Å². The van der Waals surface area contributed by atoms with E-state index in [0.717, 1.165) is 18.4 Å². The second-order valence-electron chi connectivity index (χ2n) is 4.15. The van der Waals surface area contributed by atoms with Crippen molar-refractivity contribution in [2.24, 2.45) is 5.92 Å². The molecule has 2 rings (SSSR count). The maximum atomic E-state index is 10.3. The summed E-state index contributed by atoms with van der Waals surface area (Å²) in [6, 6.07) is 8.23. The van der Waals surface area contributed by atoms with Crippen LogP contribution >= 0.6 is 11.8 Å². The van der Waals surface area contributed by atoms with Gasteiger partial charge < -0.3 is 5.11 Å². The number of hydrogen-bond donors (Lipinski definition) is 1. The largest absolute Gasteiger partial charge is 0.385 e. The van der Waals surface area contributed by atoms with Crippen molar-refractivity contribution in [2.45, 2.75) is 30.3 Å². The van der Waals surface area contributed by atoms with Gasteiger partial charge in [0.25, 0.3) is 0 Å². The molecule has 0 spiro atoms. The zero-order valence-electron chi connectivity index (χ0n) is 8.66. The van der Waals surface area contributed by atoms with Crippen LogP contribution in [0.15, 0.2) is 29.2 Å². The fourth-order valence-corrected chi connectivity index (χ4v) is 2.28. The second-order valence-corrected chi connectivity index (χ2v) is 5.03. The number of rotatable bonds is 3. The molecule has 0 radical (unpaired) electrons. The summed E-state index contributed by atoms with van der Waals surface area (Å²) in [4.78, 5) is 1.23. The molecule has 0 amide bonds. The van der Waals surface area contributed by atoms with Crippen molar-refractivity contribution in [1.82, 2.24) is 0 Å². The van der Waals surface area contributed by atoms with Crippen LogP contribution in [0, 0.1) is 5.92 Å². The van der Waals surface area contributed by atoms with Crippen LogP contribution in [0.1, 0.15) is 25.3 Å². The first kappa shape index (κ1) is 10.1. The molecular weight excluding hydrogens is 192 g/mol. The highest BCUT2D eigenvalue weighted by Crippen LogP contribution is 2.45. The highest BCUT2D eigenvalue weighted by atomic mass is 32.2.